The first-order valence-electron chi connectivity index (χ1n) is 6.18. The molecule has 114 valence electrons. The third-order valence-electron chi connectivity index (χ3n) is 2.11. The van der Waals surface area contributed by atoms with Gasteiger partial charge in [-0.1, -0.05) is 0 Å². The number of hydrogen-bond donors (Lipinski definition) is 2. The van der Waals surface area contributed by atoms with Crippen molar-refractivity contribution in [1.29, 1.82) is 10.5 Å². The second-order valence-corrected chi connectivity index (χ2v) is 5.12. The van der Waals surface area contributed by atoms with Gasteiger partial charge in [-0.15, -0.1) is 0 Å². The van der Waals surface area contributed by atoms with Gasteiger partial charge in [0.15, 0.2) is 0 Å². The molecule has 0 aliphatic carbocycles. The van der Waals surface area contributed by atoms with E-state index in [9.17, 15) is 9.18 Å². The Morgan fingerprint density at radius 3 is 2.50 bits per heavy atom. The third kappa shape index (κ3) is 5.47. The second-order valence-electron chi connectivity index (χ2n) is 5.12. The number of carbonyl (C=O) groups is 1. The highest BCUT2D eigenvalue weighted by molar-refractivity contribution is 6.10. The number of amides is 1. The molecule has 0 radical (unpaired) electrons. The summed E-state index contributed by atoms with van der Waals surface area (Å²) in [7, 11) is 0. The average molecular weight is 303 g/mol. The number of nitriles is 2. The van der Waals surface area contributed by atoms with Gasteiger partial charge in [0.2, 0.25) is 5.71 Å². The van der Waals surface area contributed by atoms with Crippen molar-refractivity contribution in [2.24, 2.45) is 5.10 Å². The molecule has 0 aliphatic heterocycles. The van der Waals surface area contributed by atoms with Crippen LogP contribution in [0.3, 0.4) is 0 Å². The van der Waals surface area contributed by atoms with E-state index in [1.54, 1.807) is 32.9 Å². The summed E-state index contributed by atoms with van der Waals surface area (Å²) >= 11 is 0. The Bertz CT molecular complexity index is 664. The molecule has 8 heteroatoms. The lowest BCUT2D eigenvalue weighted by Gasteiger charge is -2.20. The molecule has 0 unspecified atom stereocenters. The Hall–Kier alpha value is -3.13. The summed E-state index contributed by atoms with van der Waals surface area (Å²) in [5.41, 5.74) is 1.49. The van der Waals surface area contributed by atoms with Crippen LogP contribution in [-0.4, -0.2) is 17.4 Å². The van der Waals surface area contributed by atoms with E-state index in [1.807, 2.05) is 0 Å². The first kappa shape index (κ1) is 16.9. The quantitative estimate of drug-likeness (QED) is 0.658. The average Bonchev–Trinajstić information content (AvgIpc) is 2.41. The van der Waals surface area contributed by atoms with E-state index in [2.05, 4.69) is 15.8 Å². The van der Waals surface area contributed by atoms with Crippen LogP contribution in [0.15, 0.2) is 23.3 Å². The largest absolute Gasteiger partial charge is 0.444 e. The lowest BCUT2D eigenvalue weighted by Crippen LogP contribution is -2.27. The van der Waals surface area contributed by atoms with Crippen LogP contribution in [-0.2, 0) is 4.74 Å². The van der Waals surface area contributed by atoms with E-state index >= 15 is 0 Å². The number of halogens is 1. The Labute approximate surface area is 127 Å². The molecule has 0 heterocycles. The monoisotopic (exact) mass is 303 g/mol. The maximum absolute atomic E-state index is 13.7. The molecule has 2 N–H and O–H groups in total. The SMILES string of the molecule is CC(C)(C)OC(=O)Nc1cc(NN=C(C#N)C#N)ccc1F. The first-order valence-corrected chi connectivity index (χ1v) is 6.18. The fourth-order valence-electron chi connectivity index (χ4n) is 1.30. The zero-order chi connectivity index (χ0) is 16.8. The molecule has 0 saturated heterocycles. The molecule has 0 bridgehead atoms. The Morgan fingerprint density at radius 1 is 1.32 bits per heavy atom. The molecular formula is C14H14FN5O2. The standard InChI is InChI=1S/C14H14FN5O2/c1-14(2,3)22-13(21)18-12-6-9(4-5-11(12)15)19-20-10(7-16)8-17/h4-6,19H,1-3H3,(H,18,21). The van der Waals surface area contributed by atoms with Gasteiger partial charge in [0.25, 0.3) is 0 Å². The summed E-state index contributed by atoms with van der Waals surface area (Å²) < 4.78 is 18.7. The molecular weight excluding hydrogens is 289 g/mol. The molecule has 0 saturated carbocycles. The second kappa shape index (κ2) is 7.04. The summed E-state index contributed by atoms with van der Waals surface area (Å²) in [5.74, 6) is -0.666. The minimum absolute atomic E-state index is 0.120. The van der Waals surface area contributed by atoms with Gasteiger partial charge in [-0.2, -0.15) is 15.6 Å². The van der Waals surface area contributed by atoms with Gasteiger partial charge >= 0.3 is 6.09 Å². The van der Waals surface area contributed by atoms with Crippen molar-refractivity contribution >= 4 is 23.2 Å². The van der Waals surface area contributed by atoms with E-state index in [-0.39, 0.29) is 17.1 Å². The van der Waals surface area contributed by atoms with Crippen molar-refractivity contribution in [3.8, 4) is 12.1 Å². The summed E-state index contributed by atoms with van der Waals surface area (Å²) in [6.45, 7) is 5.04. The van der Waals surface area contributed by atoms with Gasteiger partial charge < -0.3 is 4.74 Å². The molecule has 0 aromatic heterocycles. The van der Waals surface area contributed by atoms with Gasteiger partial charge in [-0.05, 0) is 39.0 Å². The van der Waals surface area contributed by atoms with Gasteiger partial charge in [-0.3, -0.25) is 10.7 Å². The molecule has 0 fully saturated rings. The number of nitrogens with one attached hydrogen (secondary N) is 2. The maximum atomic E-state index is 13.7. The molecule has 0 atom stereocenters. The van der Waals surface area contributed by atoms with E-state index in [0.717, 1.165) is 6.07 Å². The molecule has 0 aliphatic rings. The van der Waals surface area contributed by atoms with Crippen molar-refractivity contribution in [1.82, 2.24) is 0 Å². The summed E-state index contributed by atoms with van der Waals surface area (Å²) in [5, 5.41) is 22.9. The van der Waals surface area contributed by atoms with Crippen molar-refractivity contribution in [3.63, 3.8) is 0 Å². The van der Waals surface area contributed by atoms with Crippen molar-refractivity contribution < 1.29 is 13.9 Å². The van der Waals surface area contributed by atoms with Crippen molar-refractivity contribution in [2.45, 2.75) is 26.4 Å². The Kier molecular flexibility index (Phi) is 5.42. The minimum atomic E-state index is -0.804. The van der Waals surface area contributed by atoms with Crippen LogP contribution >= 0.6 is 0 Å². The maximum Gasteiger partial charge on any atom is 0.412 e. The molecule has 0 spiro atoms. The Balaban J connectivity index is 2.88. The first-order chi connectivity index (χ1) is 10.2. The highest BCUT2D eigenvalue weighted by Crippen LogP contribution is 2.20. The summed E-state index contributed by atoms with van der Waals surface area (Å²) in [4.78, 5) is 11.6. The van der Waals surface area contributed by atoms with Gasteiger partial charge in [0.1, 0.15) is 23.6 Å². The number of benzene rings is 1. The van der Waals surface area contributed by atoms with Gasteiger partial charge in [0, 0.05) is 0 Å². The molecule has 1 rings (SSSR count). The fraction of sp³-hybridized carbons (Fsp3) is 0.286. The number of anilines is 2. The summed E-state index contributed by atoms with van der Waals surface area (Å²) in [6.07, 6.45) is -0.804. The lowest BCUT2D eigenvalue weighted by atomic mass is 10.2. The van der Waals surface area contributed by atoms with Crippen molar-refractivity contribution in [2.75, 3.05) is 10.7 Å². The van der Waals surface area contributed by atoms with E-state index < -0.39 is 17.5 Å². The van der Waals surface area contributed by atoms with Crippen molar-refractivity contribution in [3.05, 3.63) is 24.0 Å². The predicted molar refractivity (Wildman–Crippen MR) is 78.5 cm³/mol. The smallest absolute Gasteiger partial charge is 0.412 e. The molecule has 22 heavy (non-hydrogen) atoms. The van der Waals surface area contributed by atoms with Crippen LogP contribution in [0.1, 0.15) is 20.8 Å². The number of nitrogens with zero attached hydrogens (tertiary/aromatic N) is 3. The van der Waals surface area contributed by atoms with E-state index in [0.29, 0.717) is 0 Å². The van der Waals surface area contributed by atoms with Crippen LogP contribution in [0.2, 0.25) is 0 Å². The lowest BCUT2D eigenvalue weighted by molar-refractivity contribution is 0.0635. The van der Waals surface area contributed by atoms with Crippen LogP contribution in [0, 0.1) is 28.5 Å². The molecule has 1 aromatic rings. The number of carbonyl (C=O) groups excluding carboxylic acids is 1. The molecule has 7 nitrogen and oxygen atoms in total. The summed E-state index contributed by atoms with van der Waals surface area (Å²) in [6, 6.07) is 6.83. The third-order valence-corrected chi connectivity index (χ3v) is 2.11. The topological polar surface area (TPSA) is 110 Å². The minimum Gasteiger partial charge on any atom is -0.444 e. The highest BCUT2D eigenvalue weighted by Gasteiger charge is 2.17. The molecule has 1 aromatic carbocycles. The zero-order valence-corrected chi connectivity index (χ0v) is 12.3. The molecule has 1 amide bonds. The van der Waals surface area contributed by atoms with E-state index in [1.165, 1.54) is 12.1 Å². The van der Waals surface area contributed by atoms with Crippen LogP contribution in [0.4, 0.5) is 20.6 Å². The number of rotatable bonds is 3. The highest BCUT2D eigenvalue weighted by atomic mass is 19.1. The predicted octanol–water partition coefficient (Wildman–Crippen LogP) is 2.99. The number of hydrazone groups is 1. The number of hydrogen-bond acceptors (Lipinski definition) is 6. The van der Waals surface area contributed by atoms with Crippen LogP contribution in [0.5, 0.6) is 0 Å². The van der Waals surface area contributed by atoms with Gasteiger partial charge in [-0.25, -0.2) is 9.18 Å². The van der Waals surface area contributed by atoms with E-state index in [4.69, 9.17) is 15.3 Å². The Morgan fingerprint density at radius 2 is 1.95 bits per heavy atom. The fourth-order valence-corrected chi connectivity index (χ4v) is 1.30. The van der Waals surface area contributed by atoms with Crippen LogP contribution in [0.25, 0.3) is 0 Å². The number of ether oxygens (including phenoxy) is 1. The zero-order valence-electron chi connectivity index (χ0n) is 12.3. The van der Waals surface area contributed by atoms with Crippen LogP contribution < -0.4 is 10.7 Å². The normalized spacial score (nSPS) is 9.91. The van der Waals surface area contributed by atoms with Gasteiger partial charge in [0.05, 0.1) is 11.4 Å².